The van der Waals surface area contributed by atoms with Crippen molar-refractivity contribution in [2.75, 3.05) is 13.1 Å². The molecule has 1 fully saturated rings. The third-order valence-electron chi connectivity index (χ3n) is 4.23. The van der Waals surface area contributed by atoms with Crippen LogP contribution in [0.15, 0.2) is 10.5 Å². The molecule has 0 aromatic carbocycles. The molecule has 0 bridgehead atoms. The summed E-state index contributed by atoms with van der Waals surface area (Å²) < 4.78 is 5.66. The lowest BCUT2D eigenvalue weighted by Gasteiger charge is -2.31. The Balaban J connectivity index is 1.66. The summed E-state index contributed by atoms with van der Waals surface area (Å²) in [6.07, 6.45) is 2.16. The van der Waals surface area contributed by atoms with Gasteiger partial charge < -0.3 is 10.2 Å². The molecule has 3 rings (SSSR count). The van der Waals surface area contributed by atoms with Crippen LogP contribution in [-0.4, -0.2) is 39.1 Å². The van der Waals surface area contributed by atoms with Gasteiger partial charge in [0.05, 0.1) is 12.2 Å². The number of piperidine rings is 1. The zero-order valence-corrected chi connectivity index (χ0v) is 12.9. The monoisotopic (exact) mass is 303 g/mol. The number of nitrogens with zero attached hydrogens (tertiary/aromatic N) is 3. The van der Waals surface area contributed by atoms with Crippen molar-refractivity contribution in [1.82, 2.24) is 20.1 Å². The Hall–Kier alpha value is -2.15. The van der Waals surface area contributed by atoms with Crippen LogP contribution in [-0.2, 0) is 6.54 Å². The molecule has 0 aliphatic carbocycles. The number of rotatable bonds is 4. The summed E-state index contributed by atoms with van der Waals surface area (Å²) in [5.41, 5.74) is 7.47. The lowest BCUT2D eigenvalue weighted by Crippen LogP contribution is -2.34. The topological polar surface area (TPSA) is 101 Å². The minimum atomic E-state index is -0.499. The van der Waals surface area contributed by atoms with Crippen LogP contribution in [0, 0.1) is 13.8 Å². The fourth-order valence-corrected chi connectivity index (χ4v) is 2.92. The molecule has 1 aliphatic heterocycles. The van der Waals surface area contributed by atoms with E-state index in [1.807, 2.05) is 13.8 Å². The average molecular weight is 303 g/mol. The lowest BCUT2D eigenvalue weighted by molar-refractivity contribution is 0.0995. The van der Waals surface area contributed by atoms with Crippen molar-refractivity contribution in [3.8, 4) is 0 Å². The number of carbonyl (C=O) groups is 1. The maximum Gasteiger partial charge on any atom is 0.269 e. The number of aromatic amines is 1. The first kappa shape index (κ1) is 14.8. The zero-order chi connectivity index (χ0) is 15.7. The van der Waals surface area contributed by atoms with Crippen molar-refractivity contribution in [2.24, 2.45) is 5.73 Å². The Morgan fingerprint density at radius 1 is 1.55 bits per heavy atom. The highest BCUT2D eigenvalue weighted by molar-refractivity contribution is 5.90. The SMILES string of the molecule is Cc1nc(CN2CCC[C@@H](c3cc(C(N)=O)n[nH]3)C2)oc1C. The molecule has 7 heteroatoms. The van der Waals surface area contributed by atoms with Gasteiger partial charge in [-0.1, -0.05) is 0 Å². The molecule has 3 N–H and O–H groups in total. The fraction of sp³-hybridized carbons (Fsp3) is 0.533. The van der Waals surface area contributed by atoms with E-state index in [1.165, 1.54) is 0 Å². The Morgan fingerprint density at radius 2 is 2.36 bits per heavy atom. The molecule has 1 saturated heterocycles. The van der Waals surface area contributed by atoms with Gasteiger partial charge in [-0.25, -0.2) is 4.98 Å². The van der Waals surface area contributed by atoms with E-state index in [4.69, 9.17) is 10.2 Å². The molecule has 2 aromatic heterocycles. The molecule has 118 valence electrons. The van der Waals surface area contributed by atoms with Crippen LogP contribution in [0.5, 0.6) is 0 Å². The van der Waals surface area contributed by atoms with Crippen LogP contribution >= 0.6 is 0 Å². The van der Waals surface area contributed by atoms with Gasteiger partial charge in [0.15, 0.2) is 0 Å². The van der Waals surface area contributed by atoms with Gasteiger partial charge in [-0.15, -0.1) is 0 Å². The van der Waals surface area contributed by atoms with Crippen molar-refractivity contribution < 1.29 is 9.21 Å². The van der Waals surface area contributed by atoms with Crippen LogP contribution in [0.4, 0.5) is 0 Å². The minimum Gasteiger partial charge on any atom is -0.444 e. The molecule has 0 saturated carbocycles. The maximum atomic E-state index is 11.1. The number of primary amides is 1. The summed E-state index contributed by atoms with van der Waals surface area (Å²) >= 11 is 0. The molecule has 1 amide bonds. The van der Waals surface area contributed by atoms with E-state index >= 15 is 0 Å². The predicted octanol–water partition coefficient (Wildman–Crippen LogP) is 1.49. The Labute approximate surface area is 128 Å². The minimum absolute atomic E-state index is 0.297. The number of carbonyl (C=O) groups excluding carboxylic acids is 1. The molecule has 2 aromatic rings. The van der Waals surface area contributed by atoms with Crippen molar-refractivity contribution in [2.45, 2.75) is 39.2 Å². The molecule has 0 unspecified atom stereocenters. The highest BCUT2D eigenvalue weighted by Gasteiger charge is 2.24. The van der Waals surface area contributed by atoms with Gasteiger partial charge in [0.2, 0.25) is 5.89 Å². The van der Waals surface area contributed by atoms with E-state index < -0.39 is 5.91 Å². The number of hydrogen-bond donors (Lipinski definition) is 2. The molecular weight excluding hydrogens is 282 g/mol. The number of aryl methyl sites for hydroxylation is 2. The van der Waals surface area contributed by atoms with Crippen LogP contribution < -0.4 is 5.73 Å². The number of H-pyrrole nitrogens is 1. The van der Waals surface area contributed by atoms with Gasteiger partial charge in [-0.05, 0) is 39.3 Å². The van der Waals surface area contributed by atoms with Crippen LogP contribution in [0.25, 0.3) is 0 Å². The van der Waals surface area contributed by atoms with Crippen molar-refractivity contribution >= 4 is 5.91 Å². The molecule has 1 aliphatic rings. The van der Waals surface area contributed by atoms with Crippen molar-refractivity contribution in [3.63, 3.8) is 0 Å². The van der Waals surface area contributed by atoms with Crippen LogP contribution in [0.3, 0.4) is 0 Å². The zero-order valence-electron chi connectivity index (χ0n) is 12.9. The van der Waals surface area contributed by atoms with Gasteiger partial charge in [0.1, 0.15) is 11.5 Å². The van der Waals surface area contributed by atoms with E-state index in [9.17, 15) is 4.79 Å². The van der Waals surface area contributed by atoms with Gasteiger partial charge in [0, 0.05) is 18.2 Å². The number of nitrogens with two attached hydrogens (primary N) is 1. The number of hydrogen-bond acceptors (Lipinski definition) is 5. The number of oxazole rings is 1. The van der Waals surface area contributed by atoms with Gasteiger partial charge in [-0.2, -0.15) is 5.10 Å². The van der Waals surface area contributed by atoms with Gasteiger partial charge in [-0.3, -0.25) is 14.8 Å². The smallest absolute Gasteiger partial charge is 0.269 e. The molecule has 3 heterocycles. The van der Waals surface area contributed by atoms with E-state index in [2.05, 4.69) is 20.1 Å². The standard InChI is InChI=1S/C15H21N5O2/c1-9-10(2)22-14(17-9)8-20-5-3-4-11(7-20)12-6-13(15(16)21)19-18-12/h6,11H,3-5,7-8H2,1-2H3,(H2,16,21)(H,18,19)/t11-/m1/s1. The molecule has 0 spiro atoms. The Morgan fingerprint density at radius 3 is 3.00 bits per heavy atom. The third-order valence-corrected chi connectivity index (χ3v) is 4.23. The van der Waals surface area contributed by atoms with E-state index in [0.29, 0.717) is 18.2 Å². The maximum absolute atomic E-state index is 11.1. The molecule has 0 radical (unpaired) electrons. The molecule has 1 atom stereocenters. The number of amides is 1. The lowest BCUT2D eigenvalue weighted by atomic mass is 9.94. The van der Waals surface area contributed by atoms with Crippen molar-refractivity contribution in [1.29, 1.82) is 0 Å². The van der Waals surface area contributed by atoms with Crippen LogP contribution in [0.1, 0.15) is 52.3 Å². The Kier molecular flexibility index (Phi) is 3.98. The quantitative estimate of drug-likeness (QED) is 0.891. The number of nitrogens with one attached hydrogen (secondary N) is 1. The number of aromatic nitrogens is 3. The third kappa shape index (κ3) is 3.04. The molecule has 22 heavy (non-hydrogen) atoms. The average Bonchev–Trinajstić information content (AvgIpc) is 3.07. The second kappa shape index (κ2) is 5.92. The van der Waals surface area contributed by atoms with Crippen LogP contribution in [0.2, 0.25) is 0 Å². The predicted molar refractivity (Wildman–Crippen MR) is 80.3 cm³/mol. The van der Waals surface area contributed by atoms with E-state index in [0.717, 1.165) is 49.0 Å². The summed E-state index contributed by atoms with van der Waals surface area (Å²) in [4.78, 5) is 17.9. The van der Waals surface area contributed by atoms with Gasteiger partial charge >= 0.3 is 0 Å². The highest BCUT2D eigenvalue weighted by atomic mass is 16.4. The van der Waals surface area contributed by atoms with E-state index in [-0.39, 0.29) is 0 Å². The summed E-state index contributed by atoms with van der Waals surface area (Å²) in [7, 11) is 0. The summed E-state index contributed by atoms with van der Waals surface area (Å²) in [5.74, 6) is 1.47. The summed E-state index contributed by atoms with van der Waals surface area (Å²) in [6, 6.07) is 1.76. The largest absolute Gasteiger partial charge is 0.444 e. The van der Waals surface area contributed by atoms with Crippen molar-refractivity contribution in [3.05, 3.63) is 34.8 Å². The second-order valence-corrected chi connectivity index (χ2v) is 5.90. The normalized spacial score (nSPS) is 19.5. The summed E-state index contributed by atoms with van der Waals surface area (Å²) in [6.45, 7) is 6.51. The first-order chi connectivity index (χ1) is 10.5. The number of likely N-dealkylation sites (tertiary alicyclic amines) is 1. The first-order valence-electron chi connectivity index (χ1n) is 7.53. The first-order valence-corrected chi connectivity index (χ1v) is 7.53. The fourth-order valence-electron chi connectivity index (χ4n) is 2.92. The molecular formula is C15H21N5O2. The molecule has 7 nitrogen and oxygen atoms in total. The second-order valence-electron chi connectivity index (χ2n) is 5.90. The van der Waals surface area contributed by atoms with E-state index in [1.54, 1.807) is 6.07 Å². The summed E-state index contributed by atoms with van der Waals surface area (Å²) in [5, 5.41) is 6.90. The Bertz CT molecular complexity index is 656. The van der Waals surface area contributed by atoms with Gasteiger partial charge in [0.25, 0.3) is 5.91 Å². The highest BCUT2D eigenvalue weighted by Crippen LogP contribution is 2.27.